The van der Waals surface area contributed by atoms with E-state index < -0.39 is 0 Å². The lowest BCUT2D eigenvalue weighted by Crippen LogP contribution is -2.18. The number of thioether (sulfide) groups is 1. The first-order valence-corrected chi connectivity index (χ1v) is 9.36. The molecule has 27 heavy (non-hydrogen) atoms. The molecule has 0 radical (unpaired) electrons. The van der Waals surface area contributed by atoms with E-state index in [2.05, 4.69) is 20.8 Å². The molecule has 1 heterocycles. The summed E-state index contributed by atoms with van der Waals surface area (Å²) in [6.07, 6.45) is 0. The molecule has 1 N–H and O–H groups in total. The molecule has 7 nitrogen and oxygen atoms in total. The first-order chi connectivity index (χ1) is 13.0. The standard InChI is InChI=1S/C19H19N5O2S/c1-13-4-3-5-17(10-13)24-19(21-22-23-24)27-12-18(26)16-8-6-15(7-9-16)11-20-14(2)25/h3-10H,11-12H2,1-2H3,(H,20,25). The summed E-state index contributed by atoms with van der Waals surface area (Å²) in [7, 11) is 0. The second-order valence-corrected chi connectivity index (χ2v) is 6.97. The Kier molecular flexibility index (Phi) is 5.97. The highest BCUT2D eigenvalue weighted by atomic mass is 32.2. The van der Waals surface area contributed by atoms with Crippen LogP contribution in [0.5, 0.6) is 0 Å². The monoisotopic (exact) mass is 381 g/mol. The molecule has 0 spiro atoms. The number of Topliss-reactive ketones (excluding diaryl/α,β-unsaturated/α-hetero) is 1. The number of tetrazole rings is 1. The van der Waals surface area contributed by atoms with Gasteiger partial charge in [-0.1, -0.05) is 48.2 Å². The summed E-state index contributed by atoms with van der Waals surface area (Å²) >= 11 is 1.30. The van der Waals surface area contributed by atoms with Crippen molar-refractivity contribution in [2.24, 2.45) is 0 Å². The molecule has 3 rings (SSSR count). The van der Waals surface area contributed by atoms with Crippen molar-refractivity contribution >= 4 is 23.5 Å². The van der Waals surface area contributed by atoms with Gasteiger partial charge in [0.15, 0.2) is 5.78 Å². The zero-order valence-electron chi connectivity index (χ0n) is 15.0. The minimum absolute atomic E-state index is 0.00938. The van der Waals surface area contributed by atoms with Gasteiger partial charge >= 0.3 is 0 Å². The summed E-state index contributed by atoms with van der Waals surface area (Å²) in [5.41, 5.74) is 3.52. The lowest BCUT2D eigenvalue weighted by atomic mass is 10.1. The Morgan fingerprint density at radius 1 is 1.15 bits per heavy atom. The maximum Gasteiger partial charge on any atom is 0.217 e. The van der Waals surface area contributed by atoms with E-state index in [1.165, 1.54) is 18.7 Å². The van der Waals surface area contributed by atoms with Gasteiger partial charge in [-0.15, -0.1) is 5.10 Å². The number of carbonyl (C=O) groups is 2. The van der Waals surface area contributed by atoms with E-state index in [4.69, 9.17) is 0 Å². The third kappa shape index (κ3) is 5.01. The third-order valence-electron chi connectivity index (χ3n) is 3.84. The maximum absolute atomic E-state index is 12.5. The van der Waals surface area contributed by atoms with E-state index in [1.807, 2.05) is 43.3 Å². The fourth-order valence-corrected chi connectivity index (χ4v) is 3.22. The summed E-state index contributed by atoms with van der Waals surface area (Å²) in [6, 6.07) is 15.1. The predicted octanol–water partition coefficient (Wildman–Crippen LogP) is 2.58. The SMILES string of the molecule is CC(=O)NCc1ccc(C(=O)CSc2nnnn2-c2cccc(C)c2)cc1. The van der Waals surface area contributed by atoms with Gasteiger partial charge in [0.1, 0.15) is 0 Å². The van der Waals surface area contributed by atoms with Crippen molar-refractivity contribution < 1.29 is 9.59 Å². The zero-order chi connectivity index (χ0) is 19.2. The third-order valence-corrected chi connectivity index (χ3v) is 4.76. The Morgan fingerprint density at radius 2 is 1.93 bits per heavy atom. The van der Waals surface area contributed by atoms with Crippen LogP contribution in [0.15, 0.2) is 53.7 Å². The summed E-state index contributed by atoms with van der Waals surface area (Å²) in [5.74, 6) is 0.139. The van der Waals surface area contributed by atoms with Gasteiger partial charge in [-0.25, -0.2) is 0 Å². The molecule has 0 aliphatic carbocycles. The molecule has 0 saturated heterocycles. The molecule has 8 heteroatoms. The molecule has 0 bridgehead atoms. The lowest BCUT2D eigenvalue weighted by Gasteiger charge is -2.06. The molecule has 0 aliphatic rings. The van der Waals surface area contributed by atoms with E-state index in [1.54, 1.807) is 16.8 Å². The molecular formula is C19H19N5O2S. The molecule has 1 amide bonds. The summed E-state index contributed by atoms with van der Waals surface area (Å²) < 4.78 is 1.63. The van der Waals surface area contributed by atoms with Crippen molar-refractivity contribution in [3.05, 3.63) is 65.2 Å². The van der Waals surface area contributed by atoms with Gasteiger partial charge in [0, 0.05) is 19.0 Å². The Labute approximate surface area is 161 Å². The summed E-state index contributed by atoms with van der Waals surface area (Å²) in [6.45, 7) is 3.92. The van der Waals surface area contributed by atoms with Crippen LogP contribution >= 0.6 is 11.8 Å². The van der Waals surface area contributed by atoms with Crippen LogP contribution in [0.4, 0.5) is 0 Å². The molecular weight excluding hydrogens is 362 g/mol. The van der Waals surface area contributed by atoms with Crippen LogP contribution in [0.3, 0.4) is 0 Å². The lowest BCUT2D eigenvalue weighted by molar-refractivity contribution is -0.119. The molecule has 0 fully saturated rings. The number of aryl methyl sites for hydroxylation is 1. The molecule has 2 aromatic carbocycles. The van der Waals surface area contributed by atoms with Crippen LogP contribution in [0, 0.1) is 6.92 Å². The van der Waals surface area contributed by atoms with Crippen molar-refractivity contribution in [2.75, 3.05) is 5.75 Å². The first kappa shape index (κ1) is 18.8. The number of ketones is 1. The zero-order valence-corrected chi connectivity index (χ0v) is 15.9. The van der Waals surface area contributed by atoms with E-state index in [9.17, 15) is 9.59 Å². The second kappa shape index (κ2) is 8.59. The van der Waals surface area contributed by atoms with E-state index in [-0.39, 0.29) is 17.4 Å². The number of aromatic nitrogens is 4. The van der Waals surface area contributed by atoms with Gasteiger partial charge in [0.2, 0.25) is 11.1 Å². The fourth-order valence-electron chi connectivity index (χ4n) is 2.44. The molecule has 1 aromatic heterocycles. The molecule has 0 unspecified atom stereocenters. The van der Waals surface area contributed by atoms with Gasteiger partial charge in [0.25, 0.3) is 0 Å². The van der Waals surface area contributed by atoms with Gasteiger partial charge in [-0.2, -0.15) is 4.68 Å². The number of amides is 1. The van der Waals surface area contributed by atoms with E-state index in [0.717, 1.165) is 16.8 Å². The highest BCUT2D eigenvalue weighted by Gasteiger charge is 2.13. The highest BCUT2D eigenvalue weighted by molar-refractivity contribution is 7.99. The van der Waals surface area contributed by atoms with Crippen molar-refractivity contribution in [3.8, 4) is 5.69 Å². The number of rotatable bonds is 7. The van der Waals surface area contributed by atoms with E-state index in [0.29, 0.717) is 17.3 Å². The van der Waals surface area contributed by atoms with Crippen molar-refractivity contribution in [1.29, 1.82) is 0 Å². The average Bonchev–Trinajstić information content (AvgIpc) is 3.13. The number of hydrogen-bond acceptors (Lipinski definition) is 6. The Balaban J connectivity index is 1.63. The van der Waals surface area contributed by atoms with Crippen LogP contribution in [0.2, 0.25) is 0 Å². The van der Waals surface area contributed by atoms with Crippen LogP contribution in [0.25, 0.3) is 5.69 Å². The normalized spacial score (nSPS) is 10.6. The molecule has 0 saturated carbocycles. The number of benzene rings is 2. The fraction of sp³-hybridized carbons (Fsp3) is 0.211. The minimum Gasteiger partial charge on any atom is -0.352 e. The maximum atomic E-state index is 12.5. The number of carbonyl (C=O) groups excluding carboxylic acids is 2. The van der Waals surface area contributed by atoms with Gasteiger partial charge < -0.3 is 5.32 Å². The highest BCUT2D eigenvalue weighted by Crippen LogP contribution is 2.20. The Bertz CT molecular complexity index is 953. The first-order valence-electron chi connectivity index (χ1n) is 8.38. The smallest absolute Gasteiger partial charge is 0.217 e. The largest absolute Gasteiger partial charge is 0.352 e. The van der Waals surface area contributed by atoms with Crippen LogP contribution < -0.4 is 5.32 Å². The Morgan fingerprint density at radius 3 is 2.63 bits per heavy atom. The van der Waals surface area contributed by atoms with E-state index >= 15 is 0 Å². The summed E-state index contributed by atoms with van der Waals surface area (Å²) in [5, 5.41) is 15.0. The number of hydrogen-bond donors (Lipinski definition) is 1. The minimum atomic E-state index is -0.0853. The predicted molar refractivity (Wildman–Crippen MR) is 103 cm³/mol. The topological polar surface area (TPSA) is 89.8 Å². The number of nitrogens with zero attached hydrogens (tertiary/aromatic N) is 4. The van der Waals surface area contributed by atoms with Crippen LogP contribution in [0.1, 0.15) is 28.4 Å². The summed E-state index contributed by atoms with van der Waals surface area (Å²) in [4.78, 5) is 23.4. The molecule has 138 valence electrons. The second-order valence-electron chi connectivity index (χ2n) is 6.03. The number of nitrogens with one attached hydrogen (secondary N) is 1. The van der Waals surface area contributed by atoms with Crippen molar-refractivity contribution in [1.82, 2.24) is 25.5 Å². The molecule has 0 aliphatic heterocycles. The molecule has 0 atom stereocenters. The average molecular weight is 381 g/mol. The van der Waals surface area contributed by atoms with Gasteiger partial charge in [-0.3, -0.25) is 9.59 Å². The molecule has 3 aromatic rings. The van der Waals surface area contributed by atoms with Gasteiger partial charge in [0.05, 0.1) is 11.4 Å². The van der Waals surface area contributed by atoms with Crippen molar-refractivity contribution in [3.63, 3.8) is 0 Å². The van der Waals surface area contributed by atoms with Crippen LogP contribution in [-0.4, -0.2) is 37.7 Å². The Hall–Kier alpha value is -3.00. The van der Waals surface area contributed by atoms with Gasteiger partial charge in [-0.05, 0) is 40.6 Å². The quantitative estimate of drug-likeness (QED) is 0.500. The van der Waals surface area contributed by atoms with Crippen LogP contribution in [-0.2, 0) is 11.3 Å². The van der Waals surface area contributed by atoms with Crippen molar-refractivity contribution in [2.45, 2.75) is 25.5 Å².